The number of benzene rings is 2. The topological polar surface area (TPSA) is 93.8 Å². The monoisotopic (exact) mass is 318 g/mol. The maximum atomic E-state index is 12.2. The molecule has 6 nitrogen and oxygen atoms in total. The number of hydrogen-bond acceptors (Lipinski definition) is 5. The molecule has 0 radical (unpaired) electrons. The zero-order chi connectivity index (χ0) is 15.7. The van der Waals surface area contributed by atoms with E-state index in [2.05, 4.69) is 4.18 Å². The quantitative estimate of drug-likeness (QED) is 0.746. The third kappa shape index (κ3) is 3.00. The van der Waals surface area contributed by atoms with Crippen LogP contribution in [0.5, 0.6) is 5.75 Å². The van der Waals surface area contributed by atoms with Crippen LogP contribution in [0.2, 0.25) is 0 Å². The second-order valence-electron chi connectivity index (χ2n) is 4.51. The molecule has 0 aliphatic carbocycles. The second-order valence-corrected chi connectivity index (χ2v) is 5.53. The first kappa shape index (κ1) is 14.3. The van der Waals surface area contributed by atoms with Gasteiger partial charge in [0.15, 0.2) is 5.43 Å². The zero-order valence-electron chi connectivity index (χ0n) is 11.1. The van der Waals surface area contributed by atoms with Gasteiger partial charge in [0.1, 0.15) is 17.1 Å². The first-order valence-corrected chi connectivity index (χ1v) is 7.59. The van der Waals surface area contributed by atoms with Crippen molar-refractivity contribution in [3.8, 4) is 17.1 Å². The highest BCUT2D eigenvalue weighted by Gasteiger charge is 2.11. The number of rotatable bonds is 3. The van der Waals surface area contributed by atoms with Gasteiger partial charge < -0.3 is 8.60 Å². The van der Waals surface area contributed by atoms with E-state index in [4.69, 9.17) is 8.97 Å². The van der Waals surface area contributed by atoms with Crippen molar-refractivity contribution < 1.29 is 21.6 Å². The summed E-state index contributed by atoms with van der Waals surface area (Å²) in [6.07, 6.45) is 0. The molecule has 0 atom stereocenters. The Morgan fingerprint density at radius 1 is 1.00 bits per heavy atom. The van der Waals surface area contributed by atoms with Crippen molar-refractivity contribution in [2.45, 2.75) is 0 Å². The molecule has 0 fully saturated rings. The minimum absolute atomic E-state index is 0.154. The number of hydrogen-bond donors (Lipinski definition) is 1. The van der Waals surface area contributed by atoms with Crippen LogP contribution in [0.25, 0.3) is 22.3 Å². The van der Waals surface area contributed by atoms with Gasteiger partial charge in [0, 0.05) is 11.6 Å². The molecule has 1 aromatic heterocycles. The van der Waals surface area contributed by atoms with Crippen LogP contribution in [0, 0.1) is 0 Å². The Hall–Kier alpha value is -2.64. The molecule has 0 amide bonds. The molecule has 22 heavy (non-hydrogen) atoms. The first-order valence-electron chi connectivity index (χ1n) is 6.23. The molecule has 3 rings (SSSR count). The lowest BCUT2D eigenvalue weighted by atomic mass is 10.1. The van der Waals surface area contributed by atoms with Crippen LogP contribution in [0.3, 0.4) is 0 Å². The van der Waals surface area contributed by atoms with Crippen LogP contribution >= 0.6 is 0 Å². The fourth-order valence-electron chi connectivity index (χ4n) is 2.05. The van der Waals surface area contributed by atoms with Crippen molar-refractivity contribution in [1.29, 1.82) is 0 Å². The highest BCUT2D eigenvalue weighted by molar-refractivity contribution is 7.81. The summed E-state index contributed by atoms with van der Waals surface area (Å²) in [5.41, 5.74) is 0.690. The molecule has 1 N–H and O–H groups in total. The normalized spacial score (nSPS) is 11.5. The van der Waals surface area contributed by atoms with Gasteiger partial charge in [-0.25, -0.2) is 0 Å². The summed E-state index contributed by atoms with van der Waals surface area (Å²) in [6, 6.07) is 14.3. The van der Waals surface area contributed by atoms with Crippen LogP contribution < -0.4 is 9.61 Å². The lowest BCUT2D eigenvalue weighted by Crippen LogP contribution is -2.07. The van der Waals surface area contributed by atoms with Gasteiger partial charge in [-0.05, 0) is 18.2 Å². The Balaban J connectivity index is 2.13. The standard InChI is InChI=1S/C15H10O6S/c16-13-9-15(10-4-2-1-3-5-10)20-14-7-6-11(8-12(13)14)21-22(17,18)19/h1-9H,(H,17,18,19). The molecule has 0 saturated heterocycles. The van der Waals surface area contributed by atoms with E-state index in [-0.39, 0.29) is 22.1 Å². The molecule has 0 spiro atoms. The van der Waals surface area contributed by atoms with E-state index in [0.29, 0.717) is 5.76 Å². The van der Waals surface area contributed by atoms with Crippen molar-refractivity contribution in [2.24, 2.45) is 0 Å². The Kier molecular flexibility index (Phi) is 3.44. The molecule has 112 valence electrons. The summed E-state index contributed by atoms with van der Waals surface area (Å²) >= 11 is 0. The van der Waals surface area contributed by atoms with Crippen LogP contribution in [-0.4, -0.2) is 13.0 Å². The van der Waals surface area contributed by atoms with Gasteiger partial charge >= 0.3 is 10.4 Å². The van der Waals surface area contributed by atoms with Gasteiger partial charge in [-0.1, -0.05) is 30.3 Å². The Morgan fingerprint density at radius 3 is 2.41 bits per heavy atom. The minimum atomic E-state index is -4.64. The van der Waals surface area contributed by atoms with Crippen molar-refractivity contribution in [3.05, 3.63) is 64.8 Å². The van der Waals surface area contributed by atoms with E-state index in [1.807, 2.05) is 18.2 Å². The van der Waals surface area contributed by atoms with E-state index in [9.17, 15) is 13.2 Å². The molecule has 0 bridgehead atoms. The minimum Gasteiger partial charge on any atom is -0.456 e. The van der Waals surface area contributed by atoms with E-state index in [1.165, 1.54) is 24.3 Å². The summed E-state index contributed by atoms with van der Waals surface area (Å²) in [4.78, 5) is 12.2. The van der Waals surface area contributed by atoms with E-state index in [1.54, 1.807) is 12.1 Å². The van der Waals surface area contributed by atoms with Crippen LogP contribution in [0.1, 0.15) is 0 Å². The van der Waals surface area contributed by atoms with Gasteiger partial charge in [-0.2, -0.15) is 8.42 Å². The van der Waals surface area contributed by atoms with E-state index in [0.717, 1.165) is 5.56 Å². The highest BCUT2D eigenvalue weighted by atomic mass is 32.3. The smallest absolute Gasteiger partial charge is 0.446 e. The zero-order valence-corrected chi connectivity index (χ0v) is 11.9. The van der Waals surface area contributed by atoms with Crippen LogP contribution in [0.4, 0.5) is 0 Å². The molecule has 1 heterocycles. The lowest BCUT2D eigenvalue weighted by Gasteiger charge is -2.05. The summed E-state index contributed by atoms with van der Waals surface area (Å²) in [6.45, 7) is 0. The third-order valence-electron chi connectivity index (χ3n) is 2.96. The predicted molar refractivity (Wildman–Crippen MR) is 80.1 cm³/mol. The molecule has 0 aliphatic heterocycles. The Bertz CT molecular complexity index is 989. The van der Waals surface area contributed by atoms with Crippen molar-refractivity contribution in [1.82, 2.24) is 0 Å². The summed E-state index contributed by atoms with van der Waals surface area (Å²) in [5, 5.41) is 0.154. The summed E-state index contributed by atoms with van der Waals surface area (Å²) in [5.74, 6) is 0.233. The lowest BCUT2D eigenvalue weighted by molar-refractivity contribution is 0.387. The molecule has 3 aromatic rings. The summed E-state index contributed by atoms with van der Waals surface area (Å²) < 4.78 is 40.0. The molecule has 2 aromatic carbocycles. The first-order chi connectivity index (χ1) is 10.4. The largest absolute Gasteiger partial charge is 0.456 e. The van der Waals surface area contributed by atoms with E-state index >= 15 is 0 Å². The summed E-state index contributed by atoms with van der Waals surface area (Å²) in [7, 11) is -4.64. The maximum Gasteiger partial charge on any atom is 0.446 e. The van der Waals surface area contributed by atoms with Crippen molar-refractivity contribution in [3.63, 3.8) is 0 Å². The molecular formula is C15H10O6S. The van der Waals surface area contributed by atoms with Gasteiger partial charge in [0.05, 0.1) is 5.39 Å². The SMILES string of the molecule is O=c1cc(-c2ccccc2)oc2ccc(OS(=O)(=O)O)cc12. The third-order valence-corrected chi connectivity index (χ3v) is 3.36. The van der Waals surface area contributed by atoms with Gasteiger partial charge in [0.2, 0.25) is 0 Å². The van der Waals surface area contributed by atoms with Gasteiger partial charge in [-0.15, -0.1) is 0 Å². The van der Waals surface area contributed by atoms with Crippen LogP contribution in [0.15, 0.2) is 63.8 Å². The second kappa shape index (κ2) is 5.28. The fourth-order valence-corrected chi connectivity index (χ4v) is 2.40. The van der Waals surface area contributed by atoms with E-state index < -0.39 is 10.4 Å². The van der Waals surface area contributed by atoms with Crippen LogP contribution in [-0.2, 0) is 10.4 Å². The van der Waals surface area contributed by atoms with Crippen molar-refractivity contribution in [2.75, 3.05) is 0 Å². The highest BCUT2D eigenvalue weighted by Crippen LogP contribution is 2.24. The molecular weight excluding hydrogens is 308 g/mol. The average molecular weight is 318 g/mol. The fraction of sp³-hybridized carbons (Fsp3) is 0. The average Bonchev–Trinajstić information content (AvgIpc) is 2.47. The molecule has 0 aliphatic rings. The van der Waals surface area contributed by atoms with Crippen molar-refractivity contribution >= 4 is 21.4 Å². The van der Waals surface area contributed by atoms with Gasteiger partial charge in [-0.3, -0.25) is 9.35 Å². The molecule has 0 unspecified atom stereocenters. The Labute approximate surface area is 125 Å². The molecule has 7 heteroatoms. The van der Waals surface area contributed by atoms with Gasteiger partial charge in [0.25, 0.3) is 0 Å². The molecule has 0 saturated carbocycles. The maximum absolute atomic E-state index is 12.2. The number of fused-ring (bicyclic) bond motifs is 1. The predicted octanol–water partition coefficient (Wildman–Crippen LogP) is 2.64. The Morgan fingerprint density at radius 2 is 1.73 bits per heavy atom.